The van der Waals surface area contributed by atoms with Crippen molar-refractivity contribution in [2.75, 3.05) is 5.32 Å². The van der Waals surface area contributed by atoms with Gasteiger partial charge in [-0.1, -0.05) is 29.8 Å². The lowest BCUT2D eigenvalue weighted by molar-refractivity contribution is -0.119. The van der Waals surface area contributed by atoms with Crippen LogP contribution in [0.1, 0.15) is 24.2 Å². The van der Waals surface area contributed by atoms with E-state index in [0.29, 0.717) is 16.3 Å². The largest absolute Gasteiger partial charge is 0.291 e. The van der Waals surface area contributed by atoms with E-state index in [2.05, 4.69) is 20.5 Å². The molecule has 0 aliphatic heterocycles. The van der Waals surface area contributed by atoms with Gasteiger partial charge in [0.05, 0.1) is 23.5 Å². The predicted octanol–water partition coefficient (Wildman–Crippen LogP) is 2.82. The average molecular weight is 363 g/mol. The molecule has 1 N–H and O–H groups in total. The maximum Gasteiger partial charge on any atom is 0.251 e. The lowest BCUT2D eigenvalue weighted by atomic mass is 10.2. The summed E-state index contributed by atoms with van der Waals surface area (Å²) in [5, 5.41) is 11.3. The summed E-state index contributed by atoms with van der Waals surface area (Å²) in [5.74, 6) is -0.501. The highest BCUT2D eigenvalue weighted by Gasteiger charge is 2.20. The van der Waals surface area contributed by atoms with Crippen molar-refractivity contribution >= 4 is 23.5 Å². The van der Waals surface area contributed by atoms with Gasteiger partial charge in [0.1, 0.15) is 18.2 Å². The van der Waals surface area contributed by atoms with Crippen LogP contribution in [0.4, 0.5) is 10.3 Å². The van der Waals surface area contributed by atoms with Crippen LogP contribution in [0.3, 0.4) is 0 Å². The van der Waals surface area contributed by atoms with Crippen molar-refractivity contribution in [2.24, 2.45) is 0 Å². The van der Waals surface area contributed by atoms with Gasteiger partial charge < -0.3 is 0 Å². The van der Waals surface area contributed by atoms with Crippen LogP contribution >= 0.6 is 11.6 Å². The van der Waals surface area contributed by atoms with E-state index in [4.69, 9.17) is 11.6 Å². The third kappa shape index (κ3) is 3.69. The number of nitrogens with one attached hydrogen (secondary N) is 1. The Kier molecular flexibility index (Phi) is 4.80. The van der Waals surface area contributed by atoms with Crippen LogP contribution in [-0.2, 0) is 11.3 Å². The molecule has 1 aromatic carbocycles. The number of benzene rings is 1. The average Bonchev–Trinajstić information content (AvgIpc) is 3.16. The molecule has 0 radical (unpaired) electrons. The Hall–Kier alpha value is -2.74. The molecule has 0 fully saturated rings. The van der Waals surface area contributed by atoms with Gasteiger partial charge in [0.15, 0.2) is 0 Å². The number of carbonyl (C=O) groups is 1. The third-order valence-corrected chi connectivity index (χ3v) is 4.16. The van der Waals surface area contributed by atoms with E-state index in [9.17, 15) is 9.18 Å². The second-order valence-electron chi connectivity index (χ2n) is 5.54. The molecule has 130 valence electrons. The fourth-order valence-electron chi connectivity index (χ4n) is 2.35. The minimum atomic E-state index is -0.578. The summed E-state index contributed by atoms with van der Waals surface area (Å²) in [6.45, 7) is 3.70. The maximum atomic E-state index is 13.7. The first-order chi connectivity index (χ1) is 12.0. The molecule has 0 aliphatic carbocycles. The Balaban J connectivity index is 1.68. The molecule has 0 bridgehead atoms. The van der Waals surface area contributed by atoms with Gasteiger partial charge in [-0.05, 0) is 19.9 Å². The SMILES string of the molecule is Cc1c(Cl)cnn1C(C)C(=O)Nc1ncn(Cc2ccccc2F)n1. The summed E-state index contributed by atoms with van der Waals surface area (Å²) in [6, 6.07) is 5.84. The smallest absolute Gasteiger partial charge is 0.251 e. The molecular weight excluding hydrogens is 347 g/mol. The van der Waals surface area contributed by atoms with Gasteiger partial charge in [-0.25, -0.2) is 14.1 Å². The normalized spacial score (nSPS) is 12.2. The van der Waals surface area contributed by atoms with Gasteiger partial charge >= 0.3 is 0 Å². The van der Waals surface area contributed by atoms with E-state index in [-0.39, 0.29) is 24.2 Å². The standard InChI is InChI=1S/C16H16ClFN6O/c1-10-13(17)7-20-24(10)11(2)15(25)21-16-19-9-23(22-16)8-12-5-3-4-6-14(12)18/h3-7,9,11H,8H2,1-2H3,(H,21,22,25). The fraction of sp³-hybridized carbons (Fsp3) is 0.250. The molecule has 0 spiro atoms. The molecule has 3 rings (SSSR count). The van der Waals surface area contributed by atoms with Gasteiger partial charge in [-0.2, -0.15) is 5.10 Å². The Bertz CT molecular complexity index is 906. The van der Waals surface area contributed by atoms with Crippen molar-refractivity contribution in [3.63, 3.8) is 0 Å². The van der Waals surface area contributed by atoms with Crippen molar-refractivity contribution in [1.29, 1.82) is 0 Å². The summed E-state index contributed by atoms with van der Waals surface area (Å²) >= 11 is 5.96. The molecule has 0 aliphatic rings. The number of halogens is 2. The number of amides is 1. The highest BCUT2D eigenvalue weighted by molar-refractivity contribution is 6.31. The van der Waals surface area contributed by atoms with E-state index in [0.717, 1.165) is 0 Å². The van der Waals surface area contributed by atoms with E-state index in [1.165, 1.54) is 28.0 Å². The Morgan fingerprint density at radius 1 is 1.40 bits per heavy atom. The number of carbonyl (C=O) groups excluding carboxylic acids is 1. The third-order valence-electron chi connectivity index (χ3n) is 3.79. The summed E-state index contributed by atoms with van der Waals surface area (Å²) in [5.41, 5.74) is 1.18. The van der Waals surface area contributed by atoms with Crippen LogP contribution in [0, 0.1) is 12.7 Å². The first-order valence-corrected chi connectivity index (χ1v) is 7.97. The van der Waals surface area contributed by atoms with Crippen LogP contribution in [-0.4, -0.2) is 30.5 Å². The second-order valence-corrected chi connectivity index (χ2v) is 5.95. The van der Waals surface area contributed by atoms with Gasteiger partial charge in [0.25, 0.3) is 5.91 Å². The van der Waals surface area contributed by atoms with Crippen LogP contribution < -0.4 is 5.32 Å². The maximum absolute atomic E-state index is 13.7. The zero-order valence-corrected chi connectivity index (χ0v) is 14.4. The zero-order chi connectivity index (χ0) is 18.0. The van der Waals surface area contributed by atoms with Crippen LogP contribution in [0.5, 0.6) is 0 Å². The summed E-state index contributed by atoms with van der Waals surface area (Å²) in [7, 11) is 0. The van der Waals surface area contributed by atoms with Crippen molar-refractivity contribution in [3.05, 3.63) is 58.9 Å². The monoisotopic (exact) mass is 362 g/mol. The molecule has 3 aromatic rings. The molecule has 2 heterocycles. The molecule has 2 aromatic heterocycles. The quantitative estimate of drug-likeness (QED) is 0.757. The second kappa shape index (κ2) is 7.02. The van der Waals surface area contributed by atoms with Crippen LogP contribution in [0.15, 0.2) is 36.8 Å². The molecule has 9 heteroatoms. The molecule has 7 nitrogen and oxygen atoms in total. The van der Waals surface area contributed by atoms with Gasteiger partial charge in [0.2, 0.25) is 5.95 Å². The van der Waals surface area contributed by atoms with E-state index in [1.54, 1.807) is 32.0 Å². The molecular formula is C16H16ClFN6O. The first kappa shape index (κ1) is 17.1. The lowest BCUT2D eigenvalue weighted by Gasteiger charge is -2.12. The lowest BCUT2D eigenvalue weighted by Crippen LogP contribution is -2.25. The Morgan fingerprint density at radius 3 is 2.84 bits per heavy atom. The first-order valence-electron chi connectivity index (χ1n) is 7.59. The number of hydrogen-bond donors (Lipinski definition) is 1. The van der Waals surface area contributed by atoms with E-state index in [1.807, 2.05) is 0 Å². The van der Waals surface area contributed by atoms with Crippen molar-refractivity contribution in [1.82, 2.24) is 24.5 Å². The molecule has 0 saturated heterocycles. The summed E-state index contributed by atoms with van der Waals surface area (Å²) in [4.78, 5) is 16.4. The Labute approximate surface area is 148 Å². The summed E-state index contributed by atoms with van der Waals surface area (Å²) in [6.07, 6.45) is 2.92. The van der Waals surface area contributed by atoms with E-state index >= 15 is 0 Å². The topological polar surface area (TPSA) is 77.6 Å². The molecule has 1 amide bonds. The van der Waals surface area contributed by atoms with Gasteiger partial charge in [0, 0.05) is 5.56 Å². The number of aromatic nitrogens is 5. The fourth-order valence-corrected chi connectivity index (χ4v) is 2.48. The van der Waals surface area contributed by atoms with Gasteiger partial charge in [-0.15, -0.1) is 5.10 Å². The van der Waals surface area contributed by atoms with Crippen molar-refractivity contribution in [3.8, 4) is 0 Å². The summed E-state index contributed by atoms with van der Waals surface area (Å²) < 4.78 is 16.6. The molecule has 1 atom stereocenters. The van der Waals surface area contributed by atoms with Crippen LogP contribution in [0.2, 0.25) is 5.02 Å². The predicted molar refractivity (Wildman–Crippen MR) is 90.8 cm³/mol. The number of anilines is 1. The van der Waals surface area contributed by atoms with E-state index < -0.39 is 6.04 Å². The minimum Gasteiger partial charge on any atom is -0.291 e. The number of nitrogens with zero attached hydrogens (tertiary/aromatic N) is 5. The molecule has 1 unspecified atom stereocenters. The van der Waals surface area contributed by atoms with Gasteiger partial charge in [-0.3, -0.25) is 14.8 Å². The highest BCUT2D eigenvalue weighted by atomic mass is 35.5. The number of rotatable bonds is 5. The Morgan fingerprint density at radius 2 is 2.16 bits per heavy atom. The highest BCUT2D eigenvalue weighted by Crippen LogP contribution is 2.18. The molecule has 25 heavy (non-hydrogen) atoms. The van der Waals surface area contributed by atoms with Crippen molar-refractivity contribution in [2.45, 2.75) is 26.4 Å². The molecule has 0 saturated carbocycles. The number of hydrogen-bond acceptors (Lipinski definition) is 4. The minimum absolute atomic E-state index is 0.143. The zero-order valence-electron chi connectivity index (χ0n) is 13.6. The van der Waals surface area contributed by atoms with Crippen LogP contribution in [0.25, 0.3) is 0 Å². The van der Waals surface area contributed by atoms with Crippen molar-refractivity contribution < 1.29 is 9.18 Å².